The van der Waals surface area contributed by atoms with Crippen LogP contribution < -0.4 is 5.32 Å². The van der Waals surface area contributed by atoms with Gasteiger partial charge in [0.1, 0.15) is 9.84 Å². The van der Waals surface area contributed by atoms with Gasteiger partial charge in [0.15, 0.2) is 0 Å². The molecule has 1 heterocycles. The van der Waals surface area contributed by atoms with Gasteiger partial charge in [-0.1, -0.05) is 26.7 Å². The van der Waals surface area contributed by atoms with Crippen LogP contribution in [0.3, 0.4) is 0 Å². The third-order valence-corrected chi connectivity index (χ3v) is 5.47. The van der Waals surface area contributed by atoms with Gasteiger partial charge in [-0.2, -0.15) is 0 Å². The molecular formula is C15H28N2O3S. The Morgan fingerprint density at radius 1 is 1.29 bits per heavy atom. The molecule has 2 aliphatic rings. The molecule has 1 saturated heterocycles. The van der Waals surface area contributed by atoms with Crippen molar-refractivity contribution >= 4 is 15.7 Å². The molecule has 122 valence electrons. The SMILES string of the molecule is CC(C)CC1NC(C2CCCC2)N(CCS(C)(=O)=O)C1=O. The van der Waals surface area contributed by atoms with Gasteiger partial charge in [0.25, 0.3) is 0 Å². The number of rotatable bonds is 6. The number of amides is 1. The number of carbonyl (C=O) groups excluding carboxylic acids is 1. The van der Waals surface area contributed by atoms with E-state index in [2.05, 4.69) is 19.2 Å². The summed E-state index contributed by atoms with van der Waals surface area (Å²) < 4.78 is 22.8. The highest BCUT2D eigenvalue weighted by Gasteiger charge is 2.43. The van der Waals surface area contributed by atoms with Crippen LogP contribution in [0.1, 0.15) is 46.0 Å². The maximum atomic E-state index is 12.6. The minimum Gasteiger partial charge on any atom is -0.324 e. The van der Waals surface area contributed by atoms with Gasteiger partial charge in [0.2, 0.25) is 5.91 Å². The van der Waals surface area contributed by atoms with Crippen molar-refractivity contribution in [1.29, 1.82) is 0 Å². The highest BCUT2D eigenvalue weighted by atomic mass is 32.2. The van der Waals surface area contributed by atoms with E-state index < -0.39 is 9.84 Å². The Kier molecular flexibility index (Phi) is 5.30. The van der Waals surface area contributed by atoms with Gasteiger partial charge in [-0.25, -0.2) is 8.42 Å². The van der Waals surface area contributed by atoms with Crippen LogP contribution in [-0.4, -0.2) is 50.0 Å². The predicted molar refractivity (Wildman–Crippen MR) is 83.5 cm³/mol. The fourth-order valence-corrected chi connectivity index (χ4v) is 4.05. The lowest BCUT2D eigenvalue weighted by Crippen LogP contribution is -2.44. The molecule has 2 fully saturated rings. The largest absolute Gasteiger partial charge is 0.324 e. The number of hydrogen-bond acceptors (Lipinski definition) is 4. The Hall–Kier alpha value is -0.620. The van der Waals surface area contributed by atoms with E-state index in [1.807, 2.05) is 0 Å². The van der Waals surface area contributed by atoms with Gasteiger partial charge in [0, 0.05) is 12.8 Å². The molecule has 0 bridgehead atoms. The molecule has 1 saturated carbocycles. The number of sulfone groups is 1. The summed E-state index contributed by atoms with van der Waals surface area (Å²) in [6.07, 6.45) is 6.78. The second-order valence-corrected chi connectivity index (χ2v) is 9.26. The van der Waals surface area contributed by atoms with Crippen molar-refractivity contribution in [1.82, 2.24) is 10.2 Å². The normalized spacial score (nSPS) is 28.0. The van der Waals surface area contributed by atoms with E-state index in [1.165, 1.54) is 19.1 Å². The van der Waals surface area contributed by atoms with Crippen molar-refractivity contribution in [2.45, 2.75) is 58.2 Å². The van der Waals surface area contributed by atoms with Gasteiger partial charge < -0.3 is 4.90 Å². The van der Waals surface area contributed by atoms with Crippen LogP contribution >= 0.6 is 0 Å². The molecule has 2 atom stereocenters. The molecule has 1 aliphatic carbocycles. The number of carbonyl (C=O) groups is 1. The van der Waals surface area contributed by atoms with E-state index in [1.54, 1.807) is 4.90 Å². The molecule has 0 radical (unpaired) electrons. The molecule has 1 amide bonds. The van der Waals surface area contributed by atoms with E-state index in [0.717, 1.165) is 19.3 Å². The molecule has 0 aromatic carbocycles. The predicted octanol–water partition coefficient (Wildman–Crippen LogP) is 1.39. The standard InChI is InChI=1S/C15H28N2O3S/c1-11(2)10-13-15(18)17(8-9-21(3,19)20)14(16-13)12-6-4-5-7-12/h11-14,16H,4-10H2,1-3H3. The molecule has 1 N–H and O–H groups in total. The van der Waals surface area contributed by atoms with Crippen molar-refractivity contribution in [2.75, 3.05) is 18.6 Å². The molecule has 5 nitrogen and oxygen atoms in total. The first-order valence-corrected chi connectivity index (χ1v) is 10.1. The minimum atomic E-state index is -3.04. The molecule has 0 aromatic rings. The lowest BCUT2D eigenvalue weighted by molar-refractivity contribution is -0.130. The summed E-state index contributed by atoms with van der Waals surface area (Å²) in [4.78, 5) is 14.4. The highest BCUT2D eigenvalue weighted by molar-refractivity contribution is 7.90. The van der Waals surface area contributed by atoms with Crippen LogP contribution in [0.5, 0.6) is 0 Å². The summed E-state index contributed by atoms with van der Waals surface area (Å²) in [5.74, 6) is 1.07. The average molecular weight is 316 g/mol. The first-order chi connectivity index (χ1) is 9.78. The van der Waals surface area contributed by atoms with Gasteiger partial charge in [-0.3, -0.25) is 10.1 Å². The van der Waals surface area contributed by atoms with Crippen LogP contribution in [-0.2, 0) is 14.6 Å². The third kappa shape index (κ3) is 4.42. The molecule has 6 heteroatoms. The first-order valence-electron chi connectivity index (χ1n) is 8.02. The van der Waals surface area contributed by atoms with Gasteiger partial charge >= 0.3 is 0 Å². The first kappa shape index (κ1) is 16.7. The molecule has 0 aromatic heterocycles. The molecule has 2 unspecified atom stereocenters. The molecule has 21 heavy (non-hydrogen) atoms. The van der Waals surface area contributed by atoms with Gasteiger partial charge in [0.05, 0.1) is 18.0 Å². The Morgan fingerprint density at radius 3 is 2.43 bits per heavy atom. The lowest BCUT2D eigenvalue weighted by Gasteiger charge is -2.28. The zero-order valence-corrected chi connectivity index (χ0v) is 14.2. The quantitative estimate of drug-likeness (QED) is 0.804. The summed E-state index contributed by atoms with van der Waals surface area (Å²) >= 11 is 0. The van der Waals surface area contributed by atoms with E-state index in [0.29, 0.717) is 18.4 Å². The molecule has 1 aliphatic heterocycles. The fourth-order valence-electron chi connectivity index (χ4n) is 3.52. The summed E-state index contributed by atoms with van der Waals surface area (Å²) in [6, 6.07) is -0.143. The van der Waals surface area contributed by atoms with Crippen molar-refractivity contribution in [3.05, 3.63) is 0 Å². The van der Waals surface area contributed by atoms with Crippen LogP contribution in [0.4, 0.5) is 0 Å². The minimum absolute atomic E-state index is 0.0329. The molecule has 0 spiro atoms. The molecular weight excluding hydrogens is 288 g/mol. The lowest BCUT2D eigenvalue weighted by atomic mass is 10.0. The maximum absolute atomic E-state index is 12.6. The van der Waals surface area contributed by atoms with Gasteiger partial charge in [-0.05, 0) is 31.1 Å². The van der Waals surface area contributed by atoms with Crippen molar-refractivity contribution < 1.29 is 13.2 Å². The number of hydrogen-bond donors (Lipinski definition) is 1. The monoisotopic (exact) mass is 316 g/mol. The van der Waals surface area contributed by atoms with Crippen LogP contribution in [0.2, 0.25) is 0 Å². The second kappa shape index (κ2) is 6.65. The van der Waals surface area contributed by atoms with Crippen molar-refractivity contribution in [3.63, 3.8) is 0 Å². The smallest absolute Gasteiger partial charge is 0.241 e. The zero-order valence-electron chi connectivity index (χ0n) is 13.3. The maximum Gasteiger partial charge on any atom is 0.241 e. The number of nitrogens with one attached hydrogen (secondary N) is 1. The van der Waals surface area contributed by atoms with E-state index in [9.17, 15) is 13.2 Å². The second-order valence-electron chi connectivity index (χ2n) is 7.00. The molecule has 2 rings (SSSR count). The van der Waals surface area contributed by atoms with Crippen molar-refractivity contribution in [2.24, 2.45) is 11.8 Å². The number of nitrogens with zero attached hydrogens (tertiary/aromatic N) is 1. The van der Waals surface area contributed by atoms with Crippen LogP contribution in [0.25, 0.3) is 0 Å². The third-order valence-electron chi connectivity index (χ3n) is 4.55. The Morgan fingerprint density at radius 2 is 1.90 bits per heavy atom. The summed E-state index contributed by atoms with van der Waals surface area (Å²) in [5, 5.41) is 3.48. The topological polar surface area (TPSA) is 66.5 Å². The Labute approximate surface area is 128 Å². The summed E-state index contributed by atoms with van der Waals surface area (Å²) in [6.45, 7) is 4.54. The van der Waals surface area contributed by atoms with E-state index >= 15 is 0 Å². The average Bonchev–Trinajstić information content (AvgIpc) is 2.95. The van der Waals surface area contributed by atoms with Crippen LogP contribution in [0, 0.1) is 11.8 Å². The Balaban J connectivity index is 2.09. The highest BCUT2D eigenvalue weighted by Crippen LogP contribution is 2.32. The summed E-state index contributed by atoms with van der Waals surface area (Å²) in [7, 11) is -3.04. The van der Waals surface area contributed by atoms with Crippen molar-refractivity contribution in [3.8, 4) is 0 Å². The van der Waals surface area contributed by atoms with E-state index in [4.69, 9.17) is 0 Å². The Bertz CT molecular complexity index is 469. The van der Waals surface area contributed by atoms with Gasteiger partial charge in [-0.15, -0.1) is 0 Å². The fraction of sp³-hybridized carbons (Fsp3) is 0.933. The van der Waals surface area contributed by atoms with Crippen LogP contribution in [0.15, 0.2) is 0 Å². The summed E-state index contributed by atoms with van der Waals surface area (Å²) in [5.41, 5.74) is 0. The van der Waals surface area contributed by atoms with E-state index in [-0.39, 0.29) is 23.9 Å². The zero-order chi connectivity index (χ0) is 15.6.